The molecule has 1 unspecified atom stereocenters. The van der Waals surface area contributed by atoms with Crippen molar-refractivity contribution < 1.29 is 0 Å². The zero-order chi connectivity index (χ0) is 10.2. The van der Waals surface area contributed by atoms with Gasteiger partial charge < -0.3 is 5.32 Å². The molecule has 0 amide bonds. The number of hydrogen-bond acceptors (Lipinski definition) is 2. The first-order chi connectivity index (χ1) is 6.88. The van der Waals surface area contributed by atoms with Crippen LogP contribution >= 0.6 is 11.8 Å². The Kier molecular flexibility index (Phi) is 5.72. The first kappa shape index (κ1) is 11.6. The Labute approximate surface area is 91.3 Å². The lowest BCUT2D eigenvalue weighted by molar-refractivity contribution is 0.606. The first-order valence-electron chi connectivity index (χ1n) is 5.24. The molecule has 0 aliphatic heterocycles. The van der Waals surface area contributed by atoms with Crippen molar-refractivity contribution in [3.8, 4) is 0 Å². The highest BCUT2D eigenvalue weighted by Gasteiger charge is 2.08. The Balaban J connectivity index is 2.58. The maximum absolute atomic E-state index is 3.51. The number of benzene rings is 1. The minimum absolute atomic E-state index is 0.506. The van der Waals surface area contributed by atoms with Crippen LogP contribution in [0.15, 0.2) is 30.3 Å². The van der Waals surface area contributed by atoms with E-state index in [1.807, 2.05) is 11.8 Å². The van der Waals surface area contributed by atoms with Gasteiger partial charge in [0.2, 0.25) is 0 Å². The molecule has 0 aliphatic carbocycles. The van der Waals surface area contributed by atoms with Gasteiger partial charge in [0.15, 0.2) is 0 Å². The fourth-order valence-corrected chi connectivity index (χ4v) is 2.22. The zero-order valence-electron chi connectivity index (χ0n) is 8.99. The molecule has 1 aromatic rings. The normalized spacial score (nSPS) is 12.7. The standard InChI is InChI=1S/C12H19NS/c1-3-13-12(10-14-4-2)11-8-6-5-7-9-11/h5-9,12-13H,3-4,10H2,1-2H3. The highest BCUT2D eigenvalue weighted by Crippen LogP contribution is 2.17. The van der Waals surface area contributed by atoms with Crippen LogP contribution in [0.1, 0.15) is 25.5 Å². The van der Waals surface area contributed by atoms with Gasteiger partial charge in [0, 0.05) is 11.8 Å². The molecule has 0 saturated heterocycles. The van der Waals surface area contributed by atoms with Gasteiger partial charge in [-0.25, -0.2) is 0 Å². The molecule has 2 heteroatoms. The van der Waals surface area contributed by atoms with Gasteiger partial charge in [0.1, 0.15) is 0 Å². The van der Waals surface area contributed by atoms with Gasteiger partial charge >= 0.3 is 0 Å². The van der Waals surface area contributed by atoms with Gasteiger partial charge in [-0.15, -0.1) is 0 Å². The molecular formula is C12H19NS. The Morgan fingerprint density at radius 2 is 1.93 bits per heavy atom. The molecule has 0 fully saturated rings. The average molecular weight is 209 g/mol. The van der Waals surface area contributed by atoms with Crippen molar-refractivity contribution in [1.29, 1.82) is 0 Å². The summed E-state index contributed by atoms with van der Waals surface area (Å²) in [6, 6.07) is 11.2. The molecule has 0 aliphatic rings. The monoisotopic (exact) mass is 209 g/mol. The van der Waals surface area contributed by atoms with Crippen LogP contribution in [0, 0.1) is 0 Å². The smallest absolute Gasteiger partial charge is 0.0411 e. The van der Waals surface area contributed by atoms with E-state index in [1.165, 1.54) is 11.3 Å². The lowest BCUT2D eigenvalue weighted by atomic mass is 10.1. The summed E-state index contributed by atoms with van der Waals surface area (Å²) in [6.07, 6.45) is 0. The molecule has 14 heavy (non-hydrogen) atoms. The molecule has 0 spiro atoms. The molecule has 1 nitrogen and oxygen atoms in total. The predicted molar refractivity (Wildman–Crippen MR) is 65.9 cm³/mol. The van der Waals surface area contributed by atoms with E-state index < -0.39 is 0 Å². The lowest BCUT2D eigenvalue weighted by Gasteiger charge is -2.17. The van der Waals surface area contributed by atoms with Gasteiger partial charge in [0.05, 0.1) is 0 Å². The number of thioether (sulfide) groups is 1. The van der Waals surface area contributed by atoms with Gasteiger partial charge in [-0.1, -0.05) is 44.2 Å². The summed E-state index contributed by atoms with van der Waals surface area (Å²) in [5.74, 6) is 2.35. The fraction of sp³-hybridized carbons (Fsp3) is 0.500. The molecule has 1 aromatic carbocycles. The van der Waals surface area contributed by atoms with Crippen molar-refractivity contribution in [2.75, 3.05) is 18.1 Å². The zero-order valence-corrected chi connectivity index (χ0v) is 9.81. The molecule has 1 rings (SSSR count). The summed E-state index contributed by atoms with van der Waals surface area (Å²) in [5.41, 5.74) is 1.40. The summed E-state index contributed by atoms with van der Waals surface area (Å²) in [4.78, 5) is 0. The second-order valence-corrected chi connectivity index (χ2v) is 4.50. The van der Waals surface area contributed by atoms with Crippen molar-refractivity contribution in [2.24, 2.45) is 0 Å². The summed E-state index contributed by atoms with van der Waals surface area (Å²) in [5, 5.41) is 3.51. The van der Waals surface area contributed by atoms with E-state index in [0.717, 1.165) is 12.3 Å². The van der Waals surface area contributed by atoms with Crippen LogP contribution in [0.25, 0.3) is 0 Å². The first-order valence-corrected chi connectivity index (χ1v) is 6.40. The van der Waals surface area contributed by atoms with Crippen molar-refractivity contribution in [2.45, 2.75) is 19.9 Å². The molecule has 0 aromatic heterocycles. The van der Waals surface area contributed by atoms with Gasteiger partial charge in [-0.2, -0.15) is 11.8 Å². The van der Waals surface area contributed by atoms with E-state index in [9.17, 15) is 0 Å². The highest BCUT2D eigenvalue weighted by atomic mass is 32.2. The summed E-state index contributed by atoms with van der Waals surface area (Å²) in [6.45, 7) is 5.40. The van der Waals surface area contributed by atoms with E-state index in [0.29, 0.717) is 6.04 Å². The molecular weight excluding hydrogens is 190 g/mol. The van der Waals surface area contributed by atoms with Crippen LogP contribution in [0.3, 0.4) is 0 Å². The van der Waals surface area contributed by atoms with Crippen LogP contribution in [0.2, 0.25) is 0 Å². The molecule has 78 valence electrons. The molecule has 0 saturated carbocycles. The molecule has 0 heterocycles. The van der Waals surface area contributed by atoms with E-state index in [-0.39, 0.29) is 0 Å². The second kappa shape index (κ2) is 6.91. The predicted octanol–water partition coefficient (Wildman–Crippen LogP) is 3.09. The fourth-order valence-electron chi connectivity index (χ4n) is 1.44. The van der Waals surface area contributed by atoms with Gasteiger partial charge in [0.25, 0.3) is 0 Å². The number of rotatable bonds is 6. The maximum Gasteiger partial charge on any atom is 0.0411 e. The van der Waals surface area contributed by atoms with Crippen molar-refractivity contribution in [1.82, 2.24) is 5.32 Å². The summed E-state index contributed by atoms with van der Waals surface area (Å²) >= 11 is 1.99. The topological polar surface area (TPSA) is 12.0 Å². The van der Waals surface area contributed by atoms with E-state index in [1.54, 1.807) is 0 Å². The van der Waals surface area contributed by atoms with Crippen molar-refractivity contribution in [3.63, 3.8) is 0 Å². The molecule has 0 bridgehead atoms. The van der Waals surface area contributed by atoms with Crippen molar-refractivity contribution >= 4 is 11.8 Å². The average Bonchev–Trinajstić information content (AvgIpc) is 2.25. The van der Waals surface area contributed by atoms with E-state index in [4.69, 9.17) is 0 Å². The summed E-state index contributed by atoms with van der Waals surface area (Å²) < 4.78 is 0. The SMILES string of the molecule is CCNC(CSCC)c1ccccc1. The van der Waals surface area contributed by atoms with E-state index in [2.05, 4.69) is 49.5 Å². The quantitative estimate of drug-likeness (QED) is 0.772. The van der Waals surface area contributed by atoms with Crippen LogP contribution in [0.4, 0.5) is 0 Å². The Hall–Kier alpha value is -0.470. The number of hydrogen-bond donors (Lipinski definition) is 1. The van der Waals surface area contributed by atoms with Crippen LogP contribution < -0.4 is 5.32 Å². The lowest BCUT2D eigenvalue weighted by Crippen LogP contribution is -2.22. The Bertz CT molecular complexity index is 235. The third kappa shape index (κ3) is 3.72. The van der Waals surface area contributed by atoms with Crippen LogP contribution in [-0.2, 0) is 0 Å². The summed E-state index contributed by atoms with van der Waals surface area (Å²) in [7, 11) is 0. The van der Waals surface area contributed by atoms with Crippen molar-refractivity contribution in [3.05, 3.63) is 35.9 Å². The van der Waals surface area contributed by atoms with Crippen LogP contribution in [0.5, 0.6) is 0 Å². The Morgan fingerprint density at radius 1 is 1.21 bits per heavy atom. The Morgan fingerprint density at radius 3 is 2.50 bits per heavy atom. The number of nitrogens with one attached hydrogen (secondary N) is 1. The minimum atomic E-state index is 0.506. The highest BCUT2D eigenvalue weighted by molar-refractivity contribution is 7.99. The molecule has 1 N–H and O–H groups in total. The maximum atomic E-state index is 3.51. The largest absolute Gasteiger partial charge is 0.310 e. The third-order valence-electron chi connectivity index (χ3n) is 2.14. The van der Waals surface area contributed by atoms with Gasteiger partial charge in [-0.3, -0.25) is 0 Å². The molecule has 1 atom stereocenters. The molecule has 0 radical (unpaired) electrons. The van der Waals surface area contributed by atoms with E-state index >= 15 is 0 Å². The minimum Gasteiger partial charge on any atom is -0.310 e. The van der Waals surface area contributed by atoms with Crippen LogP contribution in [-0.4, -0.2) is 18.1 Å². The third-order valence-corrected chi connectivity index (χ3v) is 3.12. The van der Waals surface area contributed by atoms with Gasteiger partial charge in [-0.05, 0) is 17.9 Å². The second-order valence-electron chi connectivity index (χ2n) is 3.18.